The summed E-state index contributed by atoms with van der Waals surface area (Å²) in [5.74, 6) is 0.550. The van der Waals surface area contributed by atoms with Crippen molar-refractivity contribution in [1.82, 2.24) is 10.3 Å². The van der Waals surface area contributed by atoms with Crippen molar-refractivity contribution in [2.75, 3.05) is 12.3 Å². The molecule has 1 aromatic carbocycles. The van der Waals surface area contributed by atoms with E-state index in [4.69, 9.17) is 4.42 Å². The van der Waals surface area contributed by atoms with Crippen molar-refractivity contribution < 1.29 is 4.42 Å². The molecule has 0 aliphatic carbocycles. The van der Waals surface area contributed by atoms with Gasteiger partial charge >= 0.3 is 0 Å². The number of nitrogens with one attached hydrogen (secondary N) is 1. The molecule has 0 saturated heterocycles. The predicted octanol–water partition coefficient (Wildman–Crippen LogP) is 3.19. The van der Waals surface area contributed by atoms with E-state index in [1.165, 1.54) is 11.8 Å². The van der Waals surface area contributed by atoms with E-state index in [1.54, 1.807) is 12.5 Å². The number of thioether (sulfide) groups is 1. The molecule has 1 N–H and O–H groups in total. The van der Waals surface area contributed by atoms with Gasteiger partial charge in [-0.25, -0.2) is 4.98 Å². The van der Waals surface area contributed by atoms with Crippen molar-refractivity contribution in [3.63, 3.8) is 0 Å². The van der Waals surface area contributed by atoms with E-state index in [-0.39, 0.29) is 0 Å². The maximum atomic E-state index is 9.71. The van der Waals surface area contributed by atoms with Crippen LogP contribution in [0, 0.1) is 11.3 Å². The summed E-state index contributed by atoms with van der Waals surface area (Å²) in [5.41, 5.74) is 0.242. The van der Waals surface area contributed by atoms with Crippen LogP contribution in [0.25, 0.3) is 0 Å². The minimum atomic E-state index is -0.726. The molecule has 0 fully saturated rings. The highest BCUT2D eigenvalue weighted by Crippen LogP contribution is 2.28. The van der Waals surface area contributed by atoms with Crippen LogP contribution in [0.15, 0.2) is 52.4 Å². The number of benzene rings is 1. The van der Waals surface area contributed by atoms with Crippen LogP contribution >= 0.6 is 11.8 Å². The molecule has 4 nitrogen and oxygen atoms in total. The average molecular weight is 287 g/mol. The number of nitriles is 1. The summed E-state index contributed by atoms with van der Waals surface area (Å²) in [6.07, 6.45) is 4.12. The molecule has 0 spiro atoms. The van der Waals surface area contributed by atoms with Crippen molar-refractivity contribution in [3.05, 3.63) is 48.4 Å². The van der Waals surface area contributed by atoms with Crippen molar-refractivity contribution >= 4 is 11.8 Å². The van der Waals surface area contributed by atoms with Crippen LogP contribution in [0.4, 0.5) is 0 Å². The molecule has 1 heterocycles. The third kappa shape index (κ3) is 3.41. The van der Waals surface area contributed by atoms with E-state index >= 15 is 0 Å². The monoisotopic (exact) mass is 287 g/mol. The first-order valence-electron chi connectivity index (χ1n) is 6.55. The van der Waals surface area contributed by atoms with E-state index < -0.39 is 5.54 Å². The Kier molecular flexibility index (Phi) is 5.22. The van der Waals surface area contributed by atoms with Crippen molar-refractivity contribution in [2.24, 2.45) is 0 Å². The van der Waals surface area contributed by atoms with Gasteiger partial charge in [-0.05, 0) is 18.5 Å². The lowest BCUT2D eigenvalue weighted by atomic mass is 9.93. The molecule has 5 heteroatoms. The Morgan fingerprint density at radius 1 is 1.40 bits per heavy atom. The van der Waals surface area contributed by atoms with Gasteiger partial charge in [0.25, 0.3) is 5.22 Å². The molecule has 1 unspecified atom stereocenters. The largest absolute Gasteiger partial charge is 0.440 e. The molecule has 0 aliphatic rings. The van der Waals surface area contributed by atoms with Crippen LogP contribution in [-0.2, 0) is 5.54 Å². The van der Waals surface area contributed by atoms with E-state index in [1.807, 2.05) is 30.3 Å². The smallest absolute Gasteiger partial charge is 0.255 e. The fourth-order valence-corrected chi connectivity index (χ4v) is 2.82. The molecule has 2 aromatic rings. The third-order valence-corrected chi connectivity index (χ3v) is 3.98. The number of oxazole rings is 1. The summed E-state index contributed by atoms with van der Waals surface area (Å²) in [6.45, 7) is 2.87. The summed E-state index contributed by atoms with van der Waals surface area (Å²) in [6, 6.07) is 12.2. The minimum Gasteiger partial charge on any atom is -0.440 e. The van der Waals surface area contributed by atoms with Gasteiger partial charge in [-0.2, -0.15) is 5.26 Å². The van der Waals surface area contributed by atoms with Gasteiger partial charge < -0.3 is 4.42 Å². The maximum absolute atomic E-state index is 9.71. The van der Waals surface area contributed by atoms with Crippen LogP contribution < -0.4 is 5.32 Å². The fraction of sp³-hybridized carbons (Fsp3) is 0.333. The Morgan fingerprint density at radius 2 is 2.20 bits per heavy atom. The molecular formula is C15H17N3OS. The van der Waals surface area contributed by atoms with Crippen LogP contribution in [-0.4, -0.2) is 17.3 Å². The zero-order valence-corrected chi connectivity index (χ0v) is 12.2. The highest BCUT2D eigenvalue weighted by Gasteiger charge is 2.32. The van der Waals surface area contributed by atoms with E-state index in [2.05, 4.69) is 23.3 Å². The highest BCUT2D eigenvalue weighted by atomic mass is 32.2. The van der Waals surface area contributed by atoms with Crippen molar-refractivity contribution in [3.8, 4) is 6.07 Å². The molecule has 0 bridgehead atoms. The Balaban J connectivity index is 2.21. The normalized spacial score (nSPS) is 13.6. The van der Waals surface area contributed by atoms with Gasteiger partial charge in [0.15, 0.2) is 0 Å². The zero-order valence-electron chi connectivity index (χ0n) is 11.4. The van der Waals surface area contributed by atoms with Crippen LogP contribution in [0.5, 0.6) is 0 Å². The molecule has 1 atom stereocenters. The molecule has 0 aliphatic heterocycles. The topological polar surface area (TPSA) is 61.9 Å². The summed E-state index contributed by atoms with van der Waals surface area (Å²) >= 11 is 1.44. The summed E-state index contributed by atoms with van der Waals surface area (Å²) in [5, 5.41) is 13.7. The Hall–Kier alpha value is -1.77. The molecule has 1 aromatic heterocycles. The summed E-state index contributed by atoms with van der Waals surface area (Å²) in [4.78, 5) is 4.09. The molecule has 0 radical (unpaired) electrons. The molecule has 20 heavy (non-hydrogen) atoms. The van der Waals surface area contributed by atoms with Crippen LogP contribution in [0.2, 0.25) is 0 Å². The zero-order chi connectivity index (χ0) is 14.3. The third-order valence-electron chi connectivity index (χ3n) is 2.96. The second kappa shape index (κ2) is 7.13. The average Bonchev–Trinajstić information content (AvgIpc) is 3.02. The van der Waals surface area contributed by atoms with E-state index in [0.717, 1.165) is 18.5 Å². The minimum absolute atomic E-state index is 0.550. The highest BCUT2D eigenvalue weighted by molar-refractivity contribution is 7.99. The number of hydrogen-bond acceptors (Lipinski definition) is 5. The van der Waals surface area contributed by atoms with Crippen LogP contribution in [0.1, 0.15) is 18.9 Å². The van der Waals surface area contributed by atoms with E-state index in [9.17, 15) is 5.26 Å². The molecule has 0 amide bonds. The number of hydrogen-bond donors (Lipinski definition) is 1. The van der Waals surface area contributed by atoms with Gasteiger partial charge in [0.2, 0.25) is 0 Å². The Labute approximate surface area is 123 Å². The SMILES string of the molecule is CCCNC(C#N)(CSc1ncco1)c1ccccc1. The molecule has 0 saturated carbocycles. The van der Waals surface area contributed by atoms with Gasteiger partial charge in [0, 0.05) is 5.75 Å². The van der Waals surface area contributed by atoms with Gasteiger partial charge in [-0.3, -0.25) is 5.32 Å². The predicted molar refractivity (Wildman–Crippen MR) is 79.3 cm³/mol. The van der Waals surface area contributed by atoms with Gasteiger partial charge in [0.1, 0.15) is 11.8 Å². The molecule has 2 rings (SSSR count). The summed E-state index contributed by atoms with van der Waals surface area (Å²) < 4.78 is 5.23. The number of rotatable bonds is 7. The first kappa shape index (κ1) is 14.6. The lowest BCUT2D eigenvalue weighted by Gasteiger charge is -2.27. The Morgan fingerprint density at radius 3 is 2.80 bits per heavy atom. The first-order chi connectivity index (χ1) is 9.80. The lowest BCUT2D eigenvalue weighted by molar-refractivity contribution is 0.446. The molecular weight excluding hydrogens is 270 g/mol. The maximum Gasteiger partial charge on any atom is 0.255 e. The standard InChI is InChI=1S/C15H17N3OS/c1-2-8-18-15(11-16,13-6-4-3-5-7-13)12-20-14-17-9-10-19-14/h3-7,9-10,18H,2,8,12H2,1H3. The Bertz CT molecular complexity index is 550. The summed E-state index contributed by atoms with van der Waals surface area (Å²) in [7, 11) is 0. The number of aromatic nitrogens is 1. The van der Waals surface area contributed by atoms with Gasteiger partial charge in [0.05, 0.1) is 12.3 Å². The van der Waals surface area contributed by atoms with E-state index in [0.29, 0.717) is 11.0 Å². The van der Waals surface area contributed by atoms with Crippen LogP contribution in [0.3, 0.4) is 0 Å². The lowest BCUT2D eigenvalue weighted by Crippen LogP contribution is -2.43. The number of nitrogens with zero attached hydrogens (tertiary/aromatic N) is 2. The van der Waals surface area contributed by atoms with Gasteiger partial charge in [-0.15, -0.1) is 0 Å². The second-order valence-electron chi connectivity index (χ2n) is 4.40. The van der Waals surface area contributed by atoms with Crippen molar-refractivity contribution in [1.29, 1.82) is 5.26 Å². The fourth-order valence-electron chi connectivity index (χ4n) is 1.89. The molecule has 104 valence electrons. The first-order valence-corrected chi connectivity index (χ1v) is 7.53. The quantitative estimate of drug-likeness (QED) is 0.792. The second-order valence-corrected chi connectivity index (χ2v) is 5.32. The van der Waals surface area contributed by atoms with Gasteiger partial charge in [-0.1, -0.05) is 49.0 Å². The van der Waals surface area contributed by atoms with Crippen molar-refractivity contribution in [2.45, 2.75) is 24.1 Å².